The molecule has 0 amide bonds. The summed E-state index contributed by atoms with van der Waals surface area (Å²) in [5.74, 6) is 1.33. The molecule has 1 aromatic heterocycles. The molecule has 1 aromatic carbocycles. The minimum atomic E-state index is -4.35. The topological polar surface area (TPSA) is 52.6 Å². The summed E-state index contributed by atoms with van der Waals surface area (Å²) < 4.78 is 38.3. The maximum atomic E-state index is 12.8. The van der Waals surface area contributed by atoms with Gasteiger partial charge in [-0.3, -0.25) is 4.99 Å². The average molecular weight is 493 g/mol. The number of rotatable bonds is 5. The molecule has 0 saturated carbocycles. The number of pyridine rings is 1. The highest BCUT2D eigenvalue weighted by Crippen LogP contribution is 2.29. The number of guanidine groups is 1. The highest BCUT2D eigenvalue weighted by Gasteiger charge is 2.30. The third-order valence-corrected chi connectivity index (χ3v) is 3.63. The number of hydrogen-bond acceptors (Lipinski definition) is 3. The molecule has 0 aliphatic rings. The first-order valence-electron chi connectivity index (χ1n) is 8.03. The summed E-state index contributed by atoms with van der Waals surface area (Å²) in [6.45, 7) is 0.679. The third kappa shape index (κ3) is 7.24. The lowest BCUT2D eigenvalue weighted by Crippen LogP contribution is -2.36. The molecule has 2 N–H and O–H groups in total. The minimum Gasteiger partial charge on any atom is -0.363 e. The number of nitrogens with one attached hydrogen (secondary N) is 2. The van der Waals surface area contributed by atoms with Crippen LogP contribution in [-0.2, 0) is 19.3 Å². The third-order valence-electron chi connectivity index (χ3n) is 3.63. The lowest BCUT2D eigenvalue weighted by molar-refractivity contribution is -0.137. The molecule has 2 rings (SSSR count). The van der Waals surface area contributed by atoms with Crippen LogP contribution < -0.4 is 15.5 Å². The van der Waals surface area contributed by atoms with Crippen molar-refractivity contribution in [2.45, 2.75) is 19.3 Å². The van der Waals surface area contributed by atoms with Crippen molar-refractivity contribution >= 4 is 35.8 Å². The zero-order valence-electron chi connectivity index (χ0n) is 15.3. The number of anilines is 1. The molecule has 0 atom stereocenters. The quantitative estimate of drug-likeness (QED) is 0.380. The molecule has 0 radical (unpaired) electrons. The fraction of sp³-hybridized carbons (Fsp3) is 0.333. The first-order valence-corrected chi connectivity index (χ1v) is 8.03. The van der Waals surface area contributed by atoms with E-state index in [1.165, 1.54) is 6.07 Å². The SMILES string of the molecule is CN=C(NCc1cccc(C(F)(F)F)c1)NCc1cccc(N(C)C)n1.I. The van der Waals surface area contributed by atoms with E-state index in [9.17, 15) is 13.2 Å². The van der Waals surface area contributed by atoms with Gasteiger partial charge in [0.2, 0.25) is 0 Å². The van der Waals surface area contributed by atoms with E-state index in [-0.39, 0.29) is 30.5 Å². The second-order valence-corrected chi connectivity index (χ2v) is 5.86. The highest BCUT2D eigenvalue weighted by atomic mass is 127. The Balaban J connectivity index is 0.00000364. The van der Waals surface area contributed by atoms with Crippen molar-refractivity contribution < 1.29 is 13.2 Å². The fourth-order valence-electron chi connectivity index (χ4n) is 2.25. The Labute approximate surface area is 174 Å². The Kier molecular flexibility index (Phi) is 8.80. The van der Waals surface area contributed by atoms with Crippen LogP contribution in [0.25, 0.3) is 0 Å². The van der Waals surface area contributed by atoms with Gasteiger partial charge in [0.15, 0.2) is 5.96 Å². The summed E-state index contributed by atoms with van der Waals surface area (Å²) >= 11 is 0. The standard InChI is InChI=1S/C18H22F3N5.HI/c1-22-17(24-12-15-8-5-9-16(25-15)26(2)3)23-11-13-6-4-7-14(10-13)18(19,20)21;/h4-10H,11-12H2,1-3H3,(H2,22,23,24);1H. The van der Waals surface area contributed by atoms with Gasteiger partial charge in [-0.05, 0) is 29.8 Å². The zero-order chi connectivity index (χ0) is 19.2. The van der Waals surface area contributed by atoms with Gasteiger partial charge in [-0.25, -0.2) is 4.98 Å². The molecule has 0 unspecified atom stereocenters. The maximum Gasteiger partial charge on any atom is 0.416 e. The van der Waals surface area contributed by atoms with Crippen molar-refractivity contribution in [3.63, 3.8) is 0 Å². The monoisotopic (exact) mass is 493 g/mol. The van der Waals surface area contributed by atoms with Crippen LogP contribution in [-0.4, -0.2) is 32.1 Å². The molecule has 148 valence electrons. The van der Waals surface area contributed by atoms with Crippen LogP contribution in [0.4, 0.5) is 19.0 Å². The van der Waals surface area contributed by atoms with Crippen LogP contribution in [0, 0.1) is 0 Å². The molecule has 0 fully saturated rings. The molecule has 0 bridgehead atoms. The predicted molar refractivity (Wildman–Crippen MR) is 112 cm³/mol. The molecule has 5 nitrogen and oxygen atoms in total. The van der Waals surface area contributed by atoms with Crippen LogP contribution in [0.15, 0.2) is 47.5 Å². The fourth-order valence-corrected chi connectivity index (χ4v) is 2.25. The molecule has 0 saturated heterocycles. The Bertz CT molecular complexity index is 763. The van der Waals surface area contributed by atoms with Gasteiger partial charge in [-0.15, -0.1) is 24.0 Å². The summed E-state index contributed by atoms with van der Waals surface area (Å²) in [7, 11) is 5.43. The number of aromatic nitrogens is 1. The summed E-state index contributed by atoms with van der Waals surface area (Å²) in [4.78, 5) is 10.5. The van der Waals surface area contributed by atoms with E-state index in [2.05, 4.69) is 20.6 Å². The van der Waals surface area contributed by atoms with Crippen LogP contribution in [0.1, 0.15) is 16.8 Å². The maximum absolute atomic E-state index is 12.8. The summed E-state index contributed by atoms with van der Waals surface area (Å²) in [6, 6.07) is 10.9. The Morgan fingerprint density at radius 1 is 1.07 bits per heavy atom. The summed E-state index contributed by atoms with van der Waals surface area (Å²) in [5, 5.41) is 6.11. The molecule has 0 aliphatic carbocycles. The van der Waals surface area contributed by atoms with Crippen LogP contribution in [0.3, 0.4) is 0 Å². The Morgan fingerprint density at radius 2 is 1.74 bits per heavy atom. The molecule has 9 heteroatoms. The van der Waals surface area contributed by atoms with Gasteiger partial charge < -0.3 is 15.5 Å². The van der Waals surface area contributed by atoms with E-state index in [0.29, 0.717) is 18.1 Å². The van der Waals surface area contributed by atoms with Gasteiger partial charge in [-0.1, -0.05) is 18.2 Å². The molecule has 0 aliphatic heterocycles. The second kappa shape index (κ2) is 10.3. The van der Waals surface area contributed by atoms with Crippen LogP contribution in [0.2, 0.25) is 0 Å². The highest BCUT2D eigenvalue weighted by molar-refractivity contribution is 14.0. The molecule has 27 heavy (non-hydrogen) atoms. The molecule has 2 aromatic rings. The number of aliphatic imine (C=N–C) groups is 1. The second-order valence-electron chi connectivity index (χ2n) is 5.86. The van der Waals surface area contributed by atoms with Crippen molar-refractivity contribution in [1.82, 2.24) is 15.6 Å². The first kappa shape index (κ1) is 23.0. The first-order chi connectivity index (χ1) is 12.3. The number of benzene rings is 1. The number of hydrogen-bond donors (Lipinski definition) is 2. The van der Waals surface area contributed by atoms with Gasteiger partial charge in [0.25, 0.3) is 0 Å². The smallest absolute Gasteiger partial charge is 0.363 e. The predicted octanol–water partition coefficient (Wildman–Crippen LogP) is 3.65. The van der Waals surface area contributed by atoms with Crippen LogP contribution >= 0.6 is 24.0 Å². The van der Waals surface area contributed by atoms with Crippen molar-refractivity contribution in [3.05, 3.63) is 59.3 Å². The largest absolute Gasteiger partial charge is 0.416 e. The zero-order valence-corrected chi connectivity index (χ0v) is 17.7. The summed E-state index contributed by atoms with van der Waals surface area (Å²) in [5.41, 5.74) is 0.693. The van der Waals surface area contributed by atoms with Gasteiger partial charge in [0.05, 0.1) is 17.8 Å². The van der Waals surface area contributed by atoms with Crippen molar-refractivity contribution in [3.8, 4) is 0 Å². The van der Waals surface area contributed by atoms with Gasteiger partial charge in [-0.2, -0.15) is 13.2 Å². The van der Waals surface area contributed by atoms with Crippen molar-refractivity contribution in [1.29, 1.82) is 0 Å². The lowest BCUT2D eigenvalue weighted by atomic mass is 10.1. The Hall–Kier alpha value is -2.04. The number of halogens is 4. The van der Waals surface area contributed by atoms with E-state index in [4.69, 9.17) is 0 Å². The van der Waals surface area contributed by atoms with Crippen LogP contribution in [0.5, 0.6) is 0 Å². The van der Waals surface area contributed by atoms with Crippen molar-refractivity contribution in [2.75, 3.05) is 26.0 Å². The molecule has 0 spiro atoms. The van der Waals surface area contributed by atoms with E-state index in [1.54, 1.807) is 13.1 Å². The van der Waals surface area contributed by atoms with Gasteiger partial charge in [0.1, 0.15) is 5.82 Å². The molecular weight excluding hydrogens is 470 g/mol. The van der Waals surface area contributed by atoms with Crippen molar-refractivity contribution in [2.24, 2.45) is 4.99 Å². The summed E-state index contributed by atoms with van der Waals surface area (Å²) in [6.07, 6.45) is -4.35. The molecule has 1 heterocycles. The Morgan fingerprint density at radius 3 is 2.37 bits per heavy atom. The molecular formula is C18H23F3IN5. The van der Waals surface area contributed by atoms with E-state index < -0.39 is 11.7 Å². The van der Waals surface area contributed by atoms with E-state index >= 15 is 0 Å². The number of nitrogens with zero attached hydrogens (tertiary/aromatic N) is 3. The van der Waals surface area contributed by atoms with Gasteiger partial charge >= 0.3 is 6.18 Å². The van der Waals surface area contributed by atoms with E-state index in [1.807, 2.05) is 37.2 Å². The number of alkyl halides is 3. The normalized spacial score (nSPS) is 11.6. The van der Waals surface area contributed by atoms with Gasteiger partial charge in [0, 0.05) is 27.7 Å². The minimum absolute atomic E-state index is 0. The average Bonchev–Trinajstić information content (AvgIpc) is 2.61. The van der Waals surface area contributed by atoms with E-state index in [0.717, 1.165) is 23.6 Å². The lowest BCUT2D eigenvalue weighted by Gasteiger charge is -2.15.